The molecule has 6 heteroatoms. The van der Waals surface area contributed by atoms with Crippen molar-refractivity contribution in [3.63, 3.8) is 0 Å². The molecule has 3 aromatic rings. The smallest absolute Gasteiger partial charge is 0.404 e. The van der Waals surface area contributed by atoms with Crippen molar-refractivity contribution in [2.45, 2.75) is 13.3 Å². The summed E-state index contributed by atoms with van der Waals surface area (Å²) in [6, 6.07) is 7.91. The summed E-state index contributed by atoms with van der Waals surface area (Å²) in [5.74, 6) is 0.764. The van der Waals surface area contributed by atoms with Crippen LogP contribution < -0.4 is 10.1 Å². The first-order valence-corrected chi connectivity index (χ1v) is 7.12. The maximum absolute atomic E-state index is 10.3. The Kier molecular flexibility index (Phi) is 3.82. The molecule has 0 atom stereocenters. The van der Waals surface area contributed by atoms with Crippen molar-refractivity contribution in [1.29, 1.82) is 0 Å². The summed E-state index contributed by atoms with van der Waals surface area (Å²) in [6.07, 6.45) is 1.42. The first-order chi connectivity index (χ1) is 10.6. The third-order valence-corrected chi connectivity index (χ3v) is 3.55. The molecule has 0 bridgehead atoms. The highest BCUT2D eigenvalue weighted by Gasteiger charge is 2.07. The van der Waals surface area contributed by atoms with Gasteiger partial charge in [0.1, 0.15) is 5.75 Å². The molecule has 1 amide bonds. The number of nitrogens with one attached hydrogen (secondary N) is 2. The second-order valence-corrected chi connectivity index (χ2v) is 5.09. The molecule has 0 radical (unpaired) electrons. The second-order valence-electron chi connectivity index (χ2n) is 5.09. The lowest BCUT2D eigenvalue weighted by Gasteiger charge is -2.06. The number of rotatable bonds is 5. The highest BCUT2D eigenvalue weighted by atomic mass is 16.5. The van der Waals surface area contributed by atoms with Crippen LogP contribution in [-0.4, -0.2) is 34.3 Å². The van der Waals surface area contributed by atoms with Gasteiger partial charge in [0.15, 0.2) is 0 Å². The fourth-order valence-corrected chi connectivity index (χ4v) is 2.49. The van der Waals surface area contributed by atoms with Gasteiger partial charge in [-0.25, -0.2) is 4.79 Å². The normalized spacial score (nSPS) is 11.0. The number of carbonyl (C=O) groups is 1. The molecule has 0 aliphatic rings. The van der Waals surface area contributed by atoms with Crippen LogP contribution in [-0.2, 0) is 0 Å². The predicted octanol–water partition coefficient (Wildman–Crippen LogP) is 3.06. The van der Waals surface area contributed by atoms with E-state index in [1.165, 1.54) is 0 Å². The van der Waals surface area contributed by atoms with Crippen molar-refractivity contribution in [2.24, 2.45) is 0 Å². The van der Waals surface area contributed by atoms with Gasteiger partial charge in [-0.3, -0.25) is 4.98 Å². The van der Waals surface area contributed by atoms with E-state index >= 15 is 0 Å². The average Bonchev–Trinajstić information content (AvgIpc) is 2.86. The van der Waals surface area contributed by atoms with E-state index in [0.717, 1.165) is 33.2 Å². The topological polar surface area (TPSA) is 87.2 Å². The summed E-state index contributed by atoms with van der Waals surface area (Å²) in [6.45, 7) is 2.83. The maximum Gasteiger partial charge on any atom is 0.404 e. The van der Waals surface area contributed by atoms with Crippen LogP contribution in [0.5, 0.6) is 5.75 Å². The number of fused-ring (bicyclic) bond motifs is 3. The predicted molar refractivity (Wildman–Crippen MR) is 84.5 cm³/mol. The van der Waals surface area contributed by atoms with E-state index in [1.807, 2.05) is 37.4 Å². The van der Waals surface area contributed by atoms with Gasteiger partial charge in [0, 0.05) is 29.6 Å². The van der Waals surface area contributed by atoms with Gasteiger partial charge < -0.3 is 20.1 Å². The maximum atomic E-state index is 10.3. The first kappa shape index (κ1) is 14.2. The van der Waals surface area contributed by atoms with E-state index in [1.54, 1.807) is 0 Å². The Bertz CT molecular complexity index is 826. The number of carboxylic acid groups (broad SMARTS) is 1. The third-order valence-electron chi connectivity index (χ3n) is 3.55. The molecule has 0 spiro atoms. The van der Waals surface area contributed by atoms with Gasteiger partial charge in [-0.15, -0.1) is 0 Å². The number of H-pyrrole nitrogens is 1. The molecule has 2 aromatic heterocycles. The molecular formula is C16H17N3O3. The van der Waals surface area contributed by atoms with E-state index in [2.05, 4.69) is 15.3 Å². The molecule has 0 fully saturated rings. The molecular weight excluding hydrogens is 282 g/mol. The summed E-state index contributed by atoms with van der Waals surface area (Å²) in [5, 5.41) is 13.1. The van der Waals surface area contributed by atoms with Crippen molar-refractivity contribution in [3.05, 3.63) is 36.2 Å². The number of ether oxygens (including phenoxy) is 1. The number of nitrogens with zero attached hydrogens (tertiary/aromatic N) is 1. The molecule has 2 heterocycles. The van der Waals surface area contributed by atoms with E-state index in [0.29, 0.717) is 19.6 Å². The summed E-state index contributed by atoms with van der Waals surface area (Å²) < 4.78 is 5.65. The minimum absolute atomic E-state index is 0.384. The number of aromatic nitrogens is 2. The van der Waals surface area contributed by atoms with E-state index in [9.17, 15) is 4.79 Å². The van der Waals surface area contributed by atoms with Crippen LogP contribution in [0.2, 0.25) is 0 Å². The number of amides is 1. The number of hydrogen-bond donors (Lipinski definition) is 3. The van der Waals surface area contributed by atoms with Gasteiger partial charge in [-0.05, 0) is 31.5 Å². The second kappa shape index (κ2) is 5.93. The Morgan fingerprint density at radius 1 is 1.36 bits per heavy atom. The number of benzene rings is 1. The minimum Gasteiger partial charge on any atom is -0.493 e. The van der Waals surface area contributed by atoms with Crippen LogP contribution in [0.1, 0.15) is 12.1 Å². The van der Waals surface area contributed by atoms with Crippen molar-refractivity contribution in [2.75, 3.05) is 13.2 Å². The van der Waals surface area contributed by atoms with Gasteiger partial charge in [-0.2, -0.15) is 0 Å². The lowest BCUT2D eigenvalue weighted by Crippen LogP contribution is -2.23. The van der Waals surface area contributed by atoms with Crippen LogP contribution in [0.4, 0.5) is 4.79 Å². The zero-order valence-electron chi connectivity index (χ0n) is 12.2. The lowest BCUT2D eigenvalue weighted by molar-refractivity contribution is 0.193. The molecule has 114 valence electrons. The van der Waals surface area contributed by atoms with Gasteiger partial charge >= 0.3 is 6.09 Å². The van der Waals surface area contributed by atoms with Crippen LogP contribution in [0, 0.1) is 6.92 Å². The lowest BCUT2D eigenvalue weighted by atomic mass is 10.1. The number of pyridine rings is 1. The highest BCUT2D eigenvalue weighted by molar-refractivity contribution is 6.08. The fraction of sp³-hybridized carbons (Fsp3) is 0.250. The van der Waals surface area contributed by atoms with E-state index in [-0.39, 0.29) is 0 Å². The van der Waals surface area contributed by atoms with E-state index < -0.39 is 6.09 Å². The van der Waals surface area contributed by atoms with Gasteiger partial charge in [0.2, 0.25) is 0 Å². The van der Waals surface area contributed by atoms with Crippen molar-refractivity contribution in [1.82, 2.24) is 15.3 Å². The van der Waals surface area contributed by atoms with Crippen molar-refractivity contribution in [3.8, 4) is 5.75 Å². The summed E-state index contributed by atoms with van der Waals surface area (Å²) in [5.41, 5.74) is 3.02. The molecule has 22 heavy (non-hydrogen) atoms. The monoisotopic (exact) mass is 299 g/mol. The first-order valence-electron chi connectivity index (χ1n) is 7.12. The molecule has 0 saturated carbocycles. The molecule has 3 N–H and O–H groups in total. The summed E-state index contributed by atoms with van der Waals surface area (Å²) in [7, 11) is 0. The van der Waals surface area contributed by atoms with Crippen LogP contribution >= 0.6 is 0 Å². The van der Waals surface area contributed by atoms with Crippen molar-refractivity contribution < 1.29 is 14.6 Å². The largest absolute Gasteiger partial charge is 0.493 e. The standard InChI is InChI=1S/C16H17N3O3/c1-10-15-13(5-7-17-10)12-4-3-11(9-14(12)19-15)22-8-2-6-18-16(20)21/h3-5,7,9,18-19H,2,6,8H2,1H3,(H,20,21). The molecule has 1 aromatic carbocycles. The number of aromatic amines is 1. The summed E-state index contributed by atoms with van der Waals surface area (Å²) in [4.78, 5) is 18.0. The molecule has 3 rings (SSSR count). The van der Waals surface area contributed by atoms with Crippen LogP contribution in [0.3, 0.4) is 0 Å². The quantitative estimate of drug-likeness (QED) is 0.632. The molecule has 6 nitrogen and oxygen atoms in total. The fourth-order valence-electron chi connectivity index (χ4n) is 2.49. The zero-order valence-corrected chi connectivity index (χ0v) is 12.2. The molecule has 0 saturated heterocycles. The van der Waals surface area contributed by atoms with Gasteiger partial charge in [0.05, 0.1) is 23.3 Å². The van der Waals surface area contributed by atoms with E-state index in [4.69, 9.17) is 9.84 Å². The Morgan fingerprint density at radius 3 is 3.05 bits per heavy atom. The van der Waals surface area contributed by atoms with Crippen LogP contribution in [0.25, 0.3) is 21.8 Å². The van der Waals surface area contributed by atoms with Gasteiger partial charge in [0.25, 0.3) is 0 Å². The highest BCUT2D eigenvalue weighted by Crippen LogP contribution is 2.29. The number of aryl methyl sites for hydroxylation is 1. The Morgan fingerprint density at radius 2 is 2.23 bits per heavy atom. The Hall–Kier alpha value is -2.76. The third kappa shape index (κ3) is 2.81. The van der Waals surface area contributed by atoms with Gasteiger partial charge in [-0.1, -0.05) is 0 Å². The SMILES string of the molecule is Cc1nccc2c1[nH]c1cc(OCCCNC(=O)O)ccc12. The minimum atomic E-state index is -1.01. The molecule has 0 aliphatic carbocycles. The zero-order chi connectivity index (χ0) is 15.5. The average molecular weight is 299 g/mol. The van der Waals surface area contributed by atoms with Crippen molar-refractivity contribution >= 4 is 27.9 Å². The Balaban J connectivity index is 1.74. The summed E-state index contributed by atoms with van der Waals surface area (Å²) >= 11 is 0. The molecule has 0 unspecified atom stereocenters. The molecule has 0 aliphatic heterocycles. The van der Waals surface area contributed by atoms with Crippen LogP contribution in [0.15, 0.2) is 30.5 Å². The number of hydrogen-bond acceptors (Lipinski definition) is 3. The Labute approximate surface area is 127 Å².